The Bertz CT molecular complexity index is 380. The number of ketones is 1. The minimum atomic E-state index is 0.254. The van der Waals surface area contributed by atoms with Gasteiger partial charge in [-0.3, -0.25) is 4.79 Å². The summed E-state index contributed by atoms with van der Waals surface area (Å²) in [5, 5.41) is 0. The molecule has 1 fully saturated rings. The van der Waals surface area contributed by atoms with E-state index in [0.717, 1.165) is 16.8 Å². The summed E-state index contributed by atoms with van der Waals surface area (Å²) in [6.45, 7) is 1.92. The van der Waals surface area contributed by atoms with Crippen molar-refractivity contribution in [2.45, 2.75) is 32.6 Å². The van der Waals surface area contributed by atoms with Gasteiger partial charge >= 0.3 is 0 Å². The zero-order valence-corrected chi connectivity index (χ0v) is 9.12. The summed E-state index contributed by atoms with van der Waals surface area (Å²) in [5.74, 6) is 0.878. The number of nitrogens with two attached hydrogens (primary N) is 1. The fourth-order valence-electron chi connectivity index (χ4n) is 2.02. The van der Waals surface area contributed by atoms with Crippen LogP contribution in [0.3, 0.4) is 0 Å². The van der Waals surface area contributed by atoms with Crippen LogP contribution in [0.4, 0.5) is 5.69 Å². The smallest absolute Gasteiger partial charge is 0.163 e. The second kappa shape index (κ2) is 4.05. The van der Waals surface area contributed by atoms with Crippen LogP contribution < -0.4 is 5.73 Å². The van der Waals surface area contributed by atoms with Crippen molar-refractivity contribution >= 4 is 11.5 Å². The van der Waals surface area contributed by atoms with Gasteiger partial charge in [-0.1, -0.05) is 31.4 Å². The van der Waals surface area contributed by atoms with Gasteiger partial charge in [0.2, 0.25) is 0 Å². The Labute approximate surface area is 90.5 Å². The number of nitrogen functional groups attached to an aromatic ring is 1. The molecule has 1 aromatic rings. The Morgan fingerprint density at radius 1 is 1.47 bits per heavy atom. The Balaban J connectivity index is 2.13. The van der Waals surface area contributed by atoms with Gasteiger partial charge in [0.1, 0.15) is 0 Å². The van der Waals surface area contributed by atoms with Gasteiger partial charge in [0.15, 0.2) is 5.78 Å². The molecule has 1 aliphatic rings. The molecular formula is C13H17NO. The predicted molar refractivity (Wildman–Crippen MR) is 61.9 cm³/mol. The molecule has 0 atom stereocenters. The highest BCUT2D eigenvalue weighted by Crippen LogP contribution is 2.31. The van der Waals surface area contributed by atoms with Crippen LogP contribution in [0.5, 0.6) is 0 Å². The van der Waals surface area contributed by atoms with E-state index < -0.39 is 0 Å². The lowest BCUT2D eigenvalue weighted by molar-refractivity contribution is 0.0936. The number of rotatable bonds is 3. The van der Waals surface area contributed by atoms with E-state index in [2.05, 4.69) is 0 Å². The zero-order valence-electron chi connectivity index (χ0n) is 9.12. The average molecular weight is 203 g/mol. The second-order valence-corrected chi connectivity index (χ2v) is 4.44. The van der Waals surface area contributed by atoms with Gasteiger partial charge in [0.05, 0.1) is 0 Å². The van der Waals surface area contributed by atoms with Crippen molar-refractivity contribution in [2.24, 2.45) is 5.92 Å². The quantitative estimate of drug-likeness (QED) is 0.606. The zero-order chi connectivity index (χ0) is 10.8. The summed E-state index contributed by atoms with van der Waals surface area (Å²) in [4.78, 5) is 12.0. The molecule has 0 radical (unpaired) electrons. The van der Waals surface area contributed by atoms with Crippen molar-refractivity contribution in [3.63, 3.8) is 0 Å². The second-order valence-electron chi connectivity index (χ2n) is 4.44. The molecule has 2 N–H and O–H groups in total. The topological polar surface area (TPSA) is 43.1 Å². The molecular weight excluding hydrogens is 186 g/mol. The Morgan fingerprint density at radius 2 is 2.20 bits per heavy atom. The molecule has 0 spiro atoms. The highest BCUT2D eigenvalue weighted by Gasteiger charge is 2.22. The Kier molecular flexibility index (Phi) is 2.76. The summed E-state index contributed by atoms with van der Waals surface area (Å²) >= 11 is 0. The molecule has 0 aliphatic heterocycles. The van der Waals surface area contributed by atoms with E-state index in [-0.39, 0.29) is 5.78 Å². The average Bonchev–Trinajstić information content (AvgIpc) is 2.15. The summed E-state index contributed by atoms with van der Waals surface area (Å²) in [6, 6.07) is 5.58. The van der Waals surface area contributed by atoms with E-state index in [1.54, 1.807) is 0 Å². The Morgan fingerprint density at radius 3 is 2.80 bits per heavy atom. The van der Waals surface area contributed by atoms with Crippen LogP contribution in [-0.2, 0) is 0 Å². The number of carbonyl (C=O) groups is 1. The molecule has 1 aromatic carbocycles. The molecule has 1 saturated carbocycles. The van der Waals surface area contributed by atoms with E-state index in [1.807, 2.05) is 25.1 Å². The van der Waals surface area contributed by atoms with Crippen LogP contribution in [0.1, 0.15) is 41.6 Å². The maximum Gasteiger partial charge on any atom is 0.163 e. The first-order valence-corrected chi connectivity index (χ1v) is 5.57. The van der Waals surface area contributed by atoms with Gasteiger partial charge in [-0.25, -0.2) is 0 Å². The van der Waals surface area contributed by atoms with E-state index in [1.165, 1.54) is 19.3 Å². The van der Waals surface area contributed by atoms with Gasteiger partial charge in [0, 0.05) is 17.7 Å². The number of carbonyl (C=O) groups excluding carboxylic acids is 1. The number of anilines is 1. The fraction of sp³-hybridized carbons (Fsp3) is 0.462. The SMILES string of the molecule is Cc1c(N)cccc1C(=O)CC1CCC1. The first-order valence-electron chi connectivity index (χ1n) is 5.57. The van der Waals surface area contributed by atoms with Crippen LogP contribution in [0.2, 0.25) is 0 Å². The van der Waals surface area contributed by atoms with Crippen LogP contribution in [0, 0.1) is 12.8 Å². The van der Waals surface area contributed by atoms with Crippen molar-refractivity contribution in [2.75, 3.05) is 5.73 Å². The lowest BCUT2D eigenvalue weighted by Crippen LogP contribution is -2.16. The number of benzene rings is 1. The van der Waals surface area contributed by atoms with Gasteiger partial charge < -0.3 is 5.73 Å². The van der Waals surface area contributed by atoms with Crippen LogP contribution in [0.15, 0.2) is 18.2 Å². The van der Waals surface area contributed by atoms with Crippen molar-refractivity contribution in [3.05, 3.63) is 29.3 Å². The highest BCUT2D eigenvalue weighted by molar-refractivity contribution is 5.98. The Hall–Kier alpha value is -1.31. The minimum Gasteiger partial charge on any atom is -0.398 e. The maximum absolute atomic E-state index is 12.0. The third kappa shape index (κ3) is 2.04. The van der Waals surface area contributed by atoms with Crippen LogP contribution >= 0.6 is 0 Å². The van der Waals surface area contributed by atoms with Gasteiger partial charge in [0.25, 0.3) is 0 Å². The van der Waals surface area contributed by atoms with E-state index in [9.17, 15) is 4.79 Å². The lowest BCUT2D eigenvalue weighted by atomic mass is 9.80. The van der Waals surface area contributed by atoms with E-state index in [0.29, 0.717) is 12.3 Å². The third-order valence-corrected chi connectivity index (χ3v) is 3.37. The molecule has 0 saturated heterocycles. The molecule has 2 heteroatoms. The maximum atomic E-state index is 12.0. The molecule has 0 bridgehead atoms. The van der Waals surface area contributed by atoms with Gasteiger partial charge in [-0.2, -0.15) is 0 Å². The molecule has 15 heavy (non-hydrogen) atoms. The molecule has 0 amide bonds. The summed E-state index contributed by atoms with van der Waals surface area (Å²) in [7, 11) is 0. The number of hydrogen-bond acceptors (Lipinski definition) is 2. The monoisotopic (exact) mass is 203 g/mol. The molecule has 1 aliphatic carbocycles. The van der Waals surface area contributed by atoms with Crippen molar-refractivity contribution in [1.82, 2.24) is 0 Å². The first-order chi connectivity index (χ1) is 7.18. The molecule has 0 heterocycles. The summed E-state index contributed by atoms with van der Waals surface area (Å²) in [5.41, 5.74) is 8.24. The largest absolute Gasteiger partial charge is 0.398 e. The minimum absolute atomic E-state index is 0.254. The normalized spacial score (nSPS) is 16.1. The first kappa shape index (κ1) is 10.2. The number of hydrogen-bond donors (Lipinski definition) is 1. The number of Topliss-reactive ketones (excluding diaryl/α,β-unsaturated/α-hetero) is 1. The summed E-state index contributed by atoms with van der Waals surface area (Å²) in [6.07, 6.45) is 4.42. The van der Waals surface area contributed by atoms with Crippen LogP contribution in [-0.4, -0.2) is 5.78 Å². The predicted octanol–water partition coefficient (Wildman–Crippen LogP) is 2.95. The van der Waals surface area contributed by atoms with Crippen LogP contribution in [0.25, 0.3) is 0 Å². The standard InChI is InChI=1S/C13H17NO/c1-9-11(6-3-7-12(9)14)13(15)8-10-4-2-5-10/h3,6-7,10H,2,4-5,8,14H2,1H3. The summed E-state index contributed by atoms with van der Waals surface area (Å²) < 4.78 is 0. The molecule has 80 valence electrons. The fourth-order valence-corrected chi connectivity index (χ4v) is 2.02. The molecule has 2 rings (SSSR count). The lowest BCUT2D eigenvalue weighted by Gasteiger charge is -2.24. The van der Waals surface area contributed by atoms with Gasteiger partial charge in [-0.15, -0.1) is 0 Å². The molecule has 0 aromatic heterocycles. The molecule has 2 nitrogen and oxygen atoms in total. The third-order valence-electron chi connectivity index (χ3n) is 3.37. The van der Waals surface area contributed by atoms with E-state index >= 15 is 0 Å². The van der Waals surface area contributed by atoms with Crippen molar-refractivity contribution < 1.29 is 4.79 Å². The van der Waals surface area contributed by atoms with E-state index in [4.69, 9.17) is 5.73 Å². The van der Waals surface area contributed by atoms with Gasteiger partial charge in [-0.05, 0) is 24.5 Å². The van der Waals surface area contributed by atoms with Crippen molar-refractivity contribution in [1.29, 1.82) is 0 Å². The highest BCUT2D eigenvalue weighted by atomic mass is 16.1. The molecule has 0 unspecified atom stereocenters. The van der Waals surface area contributed by atoms with Crippen molar-refractivity contribution in [3.8, 4) is 0 Å².